The minimum Gasteiger partial charge on any atom is -0.323 e. The zero-order chi connectivity index (χ0) is 10.5. The van der Waals surface area contributed by atoms with Gasteiger partial charge in [-0.05, 0) is 32.9 Å². The van der Waals surface area contributed by atoms with E-state index in [2.05, 4.69) is 31.8 Å². The number of hydrogen-bond acceptors (Lipinski definition) is 1. The minimum atomic E-state index is 0.861. The smallest absolute Gasteiger partial charge is 0.0167 e. The molecule has 1 aliphatic carbocycles. The van der Waals surface area contributed by atoms with Crippen LogP contribution in [0.1, 0.15) is 46.0 Å². The normalized spacial score (nSPS) is 15.1. The molecule has 0 aromatic carbocycles. The summed E-state index contributed by atoms with van der Waals surface area (Å²) in [6, 6.07) is 0. The maximum absolute atomic E-state index is 3.74. The zero-order valence-corrected chi connectivity index (χ0v) is 9.90. The van der Waals surface area contributed by atoms with E-state index in [9.17, 15) is 0 Å². The Morgan fingerprint density at radius 1 is 1.23 bits per heavy atom. The van der Waals surface area contributed by atoms with Crippen LogP contribution in [0.15, 0.2) is 12.7 Å². The van der Waals surface area contributed by atoms with Crippen LogP contribution < -0.4 is 5.32 Å². The van der Waals surface area contributed by atoms with Gasteiger partial charge in [-0.2, -0.15) is 0 Å². The third kappa shape index (κ3) is 14.5. The van der Waals surface area contributed by atoms with Gasteiger partial charge in [0.25, 0.3) is 0 Å². The van der Waals surface area contributed by atoms with Crippen molar-refractivity contribution < 1.29 is 0 Å². The number of rotatable bonds is 1. The molecule has 1 aliphatic rings. The Hall–Kier alpha value is -0.300. The molecule has 1 fully saturated rings. The molecule has 0 heterocycles. The monoisotopic (exact) mass is 185 g/mol. The minimum absolute atomic E-state index is 0.861. The van der Waals surface area contributed by atoms with Crippen LogP contribution >= 0.6 is 0 Å². The molecule has 1 heteroatoms. The maximum Gasteiger partial charge on any atom is -0.0167 e. The molecule has 13 heavy (non-hydrogen) atoms. The Labute approximate surface area is 84.6 Å². The van der Waals surface area contributed by atoms with Crippen molar-refractivity contribution >= 4 is 0 Å². The van der Waals surface area contributed by atoms with Gasteiger partial charge < -0.3 is 5.32 Å². The van der Waals surface area contributed by atoms with E-state index in [1.54, 1.807) is 0 Å². The Morgan fingerprint density at radius 2 is 1.54 bits per heavy atom. The molecule has 0 unspecified atom stereocenters. The summed E-state index contributed by atoms with van der Waals surface area (Å²) in [4.78, 5) is 0. The molecule has 80 valence electrons. The zero-order valence-electron chi connectivity index (χ0n) is 9.90. The van der Waals surface area contributed by atoms with Crippen LogP contribution in [0.25, 0.3) is 0 Å². The average Bonchev–Trinajstić information content (AvgIpc) is 2.58. The summed E-state index contributed by atoms with van der Waals surface area (Å²) >= 11 is 0. The van der Waals surface area contributed by atoms with Gasteiger partial charge in [-0.25, -0.2) is 0 Å². The predicted octanol–water partition coefficient (Wildman–Crippen LogP) is 3.61. The van der Waals surface area contributed by atoms with Crippen LogP contribution in [0.5, 0.6) is 0 Å². The van der Waals surface area contributed by atoms with Crippen LogP contribution in [-0.4, -0.2) is 14.1 Å². The second-order valence-corrected chi connectivity index (χ2v) is 3.49. The molecule has 0 aromatic rings. The highest BCUT2D eigenvalue weighted by Gasteiger charge is 2.09. The number of allylic oxidation sites excluding steroid dienone is 1. The largest absolute Gasteiger partial charge is 0.323 e. The van der Waals surface area contributed by atoms with Gasteiger partial charge in [0, 0.05) is 0 Å². The predicted molar refractivity (Wildman–Crippen MR) is 63.1 cm³/mol. The summed E-state index contributed by atoms with van der Waals surface area (Å²) in [5, 5.41) is 2.75. The van der Waals surface area contributed by atoms with E-state index in [1.807, 2.05) is 14.1 Å². The van der Waals surface area contributed by atoms with Crippen molar-refractivity contribution in [3.05, 3.63) is 12.7 Å². The number of nitrogens with one attached hydrogen (secondary N) is 1. The van der Waals surface area contributed by atoms with Gasteiger partial charge in [0.2, 0.25) is 0 Å². The molecular weight excluding hydrogens is 158 g/mol. The fourth-order valence-electron chi connectivity index (χ4n) is 1.19. The number of hydrogen-bond donors (Lipinski definition) is 1. The van der Waals surface area contributed by atoms with Crippen molar-refractivity contribution in [2.75, 3.05) is 14.1 Å². The standard InChI is InChI=1S/C7H12.C3H8.C2H7N/c1-2-7-5-3-4-6-7;2*1-3-2/h2,7H,1,3-6H2;3H2,1-2H3;3H,1-2H3. The first-order chi connectivity index (χ1) is 6.26. The van der Waals surface area contributed by atoms with Crippen LogP contribution in [0.4, 0.5) is 0 Å². The van der Waals surface area contributed by atoms with Gasteiger partial charge in [0.15, 0.2) is 0 Å². The summed E-state index contributed by atoms with van der Waals surface area (Å²) in [5.74, 6) is 0.861. The van der Waals surface area contributed by atoms with Gasteiger partial charge in [-0.3, -0.25) is 0 Å². The highest BCUT2D eigenvalue weighted by molar-refractivity contribution is 4.82. The van der Waals surface area contributed by atoms with Gasteiger partial charge in [0.1, 0.15) is 0 Å². The van der Waals surface area contributed by atoms with Crippen molar-refractivity contribution in [3.8, 4) is 0 Å². The van der Waals surface area contributed by atoms with Gasteiger partial charge in [-0.15, -0.1) is 6.58 Å². The SMILES string of the molecule is C=CC1CCCC1.CCC.CNC. The summed E-state index contributed by atoms with van der Waals surface area (Å²) in [7, 11) is 3.75. The lowest BCUT2D eigenvalue weighted by Crippen LogP contribution is -1.89. The van der Waals surface area contributed by atoms with E-state index in [1.165, 1.54) is 32.1 Å². The fourth-order valence-corrected chi connectivity index (χ4v) is 1.19. The highest BCUT2D eigenvalue weighted by atomic mass is 14.7. The van der Waals surface area contributed by atoms with E-state index in [4.69, 9.17) is 0 Å². The summed E-state index contributed by atoms with van der Waals surface area (Å²) < 4.78 is 0. The van der Waals surface area contributed by atoms with Crippen LogP contribution in [0.2, 0.25) is 0 Å². The summed E-state index contributed by atoms with van der Waals surface area (Å²) in [6.07, 6.45) is 8.98. The molecule has 0 amide bonds. The molecule has 0 spiro atoms. The van der Waals surface area contributed by atoms with Gasteiger partial charge in [-0.1, -0.05) is 39.2 Å². The molecule has 1 rings (SSSR count). The summed E-state index contributed by atoms with van der Waals surface area (Å²) in [6.45, 7) is 7.99. The first-order valence-electron chi connectivity index (χ1n) is 5.47. The first-order valence-corrected chi connectivity index (χ1v) is 5.47. The molecule has 0 bridgehead atoms. The van der Waals surface area contributed by atoms with E-state index in [-0.39, 0.29) is 0 Å². The van der Waals surface area contributed by atoms with E-state index in [0.717, 1.165) is 5.92 Å². The van der Waals surface area contributed by atoms with E-state index in [0.29, 0.717) is 0 Å². The molecular formula is C12H27N. The van der Waals surface area contributed by atoms with Crippen LogP contribution in [0.3, 0.4) is 0 Å². The van der Waals surface area contributed by atoms with Crippen molar-refractivity contribution in [2.24, 2.45) is 5.92 Å². The van der Waals surface area contributed by atoms with Crippen molar-refractivity contribution in [1.82, 2.24) is 5.32 Å². The first kappa shape index (κ1) is 15.2. The van der Waals surface area contributed by atoms with E-state index < -0.39 is 0 Å². The quantitative estimate of drug-likeness (QED) is 0.615. The third-order valence-electron chi connectivity index (χ3n) is 1.73. The lowest BCUT2D eigenvalue weighted by atomic mass is 10.1. The molecule has 0 aliphatic heterocycles. The van der Waals surface area contributed by atoms with Crippen molar-refractivity contribution in [2.45, 2.75) is 46.0 Å². The molecule has 0 atom stereocenters. The molecule has 1 nitrogen and oxygen atoms in total. The molecule has 0 aromatic heterocycles. The Balaban J connectivity index is 0. The van der Waals surface area contributed by atoms with Crippen molar-refractivity contribution in [3.63, 3.8) is 0 Å². The van der Waals surface area contributed by atoms with Crippen LogP contribution in [0, 0.1) is 5.92 Å². The van der Waals surface area contributed by atoms with Crippen molar-refractivity contribution in [1.29, 1.82) is 0 Å². The van der Waals surface area contributed by atoms with Gasteiger partial charge >= 0.3 is 0 Å². The molecule has 1 saturated carbocycles. The Morgan fingerprint density at radius 3 is 1.69 bits per heavy atom. The lowest BCUT2D eigenvalue weighted by molar-refractivity contribution is 0.688. The van der Waals surface area contributed by atoms with Crippen LogP contribution in [-0.2, 0) is 0 Å². The Kier molecular flexibility index (Phi) is 16.6. The average molecular weight is 185 g/mol. The van der Waals surface area contributed by atoms with Gasteiger partial charge in [0.05, 0.1) is 0 Å². The second kappa shape index (κ2) is 14.2. The summed E-state index contributed by atoms with van der Waals surface area (Å²) in [5.41, 5.74) is 0. The molecule has 0 saturated heterocycles. The van der Waals surface area contributed by atoms with E-state index >= 15 is 0 Å². The topological polar surface area (TPSA) is 12.0 Å². The third-order valence-corrected chi connectivity index (χ3v) is 1.73. The maximum atomic E-state index is 3.74. The molecule has 0 radical (unpaired) electrons. The lowest BCUT2D eigenvalue weighted by Gasteiger charge is -1.94. The fraction of sp³-hybridized carbons (Fsp3) is 0.833. The second-order valence-electron chi connectivity index (χ2n) is 3.49. The molecule has 1 N–H and O–H groups in total. The Bertz CT molecular complexity index is 81.1. The highest BCUT2D eigenvalue weighted by Crippen LogP contribution is 2.24.